The van der Waals surface area contributed by atoms with Gasteiger partial charge in [-0.25, -0.2) is 4.79 Å². The second-order valence-corrected chi connectivity index (χ2v) is 4.49. The van der Waals surface area contributed by atoms with Crippen LogP contribution in [0, 0.1) is 6.92 Å². The maximum atomic E-state index is 11.5. The largest absolute Gasteiger partial charge is 0.450 e. The molecular formula is C12H20N4O3. The molecule has 1 aromatic heterocycles. The Balaban J connectivity index is 1.70. The van der Waals surface area contributed by atoms with Gasteiger partial charge < -0.3 is 14.1 Å². The van der Waals surface area contributed by atoms with E-state index in [4.69, 9.17) is 9.15 Å². The fraction of sp³-hybridized carbons (Fsp3) is 0.750. The molecule has 2 rings (SSSR count). The monoisotopic (exact) mass is 268 g/mol. The zero-order valence-electron chi connectivity index (χ0n) is 11.5. The molecule has 2 heterocycles. The van der Waals surface area contributed by atoms with Crippen LogP contribution in [0.25, 0.3) is 0 Å². The Morgan fingerprint density at radius 3 is 2.63 bits per heavy atom. The minimum atomic E-state index is -0.213. The van der Waals surface area contributed by atoms with Crippen LogP contribution >= 0.6 is 0 Å². The number of ether oxygens (including phenoxy) is 1. The lowest BCUT2D eigenvalue weighted by atomic mass is 10.3. The average molecular weight is 268 g/mol. The van der Waals surface area contributed by atoms with Gasteiger partial charge in [-0.2, -0.15) is 0 Å². The summed E-state index contributed by atoms with van der Waals surface area (Å²) >= 11 is 0. The van der Waals surface area contributed by atoms with Gasteiger partial charge in [-0.1, -0.05) is 0 Å². The first-order chi connectivity index (χ1) is 9.19. The number of aryl methyl sites for hydroxylation is 1. The Labute approximate surface area is 112 Å². The first-order valence-electron chi connectivity index (χ1n) is 6.62. The van der Waals surface area contributed by atoms with Gasteiger partial charge in [0.15, 0.2) is 0 Å². The van der Waals surface area contributed by atoms with Gasteiger partial charge in [0.1, 0.15) is 0 Å². The summed E-state index contributed by atoms with van der Waals surface area (Å²) in [7, 11) is 0. The van der Waals surface area contributed by atoms with E-state index in [1.165, 1.54) is 0 Å². The summed E-state index contributed by atoms with van der Waals surface area (Å²) in [6.07, 6.45) is 0.537. The first kappa shape index (κ1) is 13.8. The number of hydrogen-bond acceptors (Lipinski definition) is 6. The maximum absolute atomic E-state index is 11.5. The van der Waals surface area contributed by atoms with Crippen LogP contribution in [0.3, 0.4) is 0 Å². The molecule has 0 radical (unpaired) electrons. The number of piperazine rings is 1. The summed E-state index contributed by atoms with van der Waals surface area (Å²) in [6.45, 7) is 8.03. The summed E-state index contributed by atoms with van der Waals surface area (Å²) in [5, 5.41) is 7.77. The van der Waals surface area contributed by atoms with Crippen LogP contribution < -0.4 is 0 Å². The lowest BCUT2D eigenvalue weighted by Gasteiger charge is -2.33. The summed E-state index contributed by atoms with van der Waals surface area (Å²) in [4.78, 5) is 15.6. The molecule has 1 aliphatic heterocycles. The molecule has 7 heteroatoms. The molecular weight excluding hydrogens is 248 g/mol. The fourth-order valence-corrected chi connectivity index (χ4v) is 2.06. The molecule has 0 atom stereocenters. The van der Waals surface area contributed by atoms with E-state index in [-0.39, 0.29) is 6.09 Å². The molecule has 7 nitrogen and oxygen atoms in total. The van der Waals surface area contributed by atoms with Gasteiger partial charge in [0.25, 0.3) is 0 Å². The predicted molar refractivity (Wildman–Crippen MR) is 67.8 cm³/mol. The minimum Gasteiger partial charge on any atom is -0.450 e. The molecule has 0 aromatic carbocycles. The van der Waals surface area contributed by atoms with E-state index in [1.54, 1.807) is 11.8 Å². The van der Waals surface area contributed by atoms with Crippen molar-refractivity contribution in [3.8, 4) is 0 Å². The second kappa shape index (κ2) is 6.51. The smallest absolute Gasteiger partial charge is 0.409 e. The Kier molecular flexibility index (Phi) is 4.73. The van der Waals surface area contributed by atoms with Crippen molar-refractivity contribution in [2.75, 3.05) is 39.3 Å². The summed E-state index contributed by atoms with van der Waals surface area (Å²) in [5.74, 6) is 1.27. The second-order valence-electron chi connectivity index (χ2n) is 4.49. The van der Waals surface area contributed by atoms with Crippen molar-refractivity contribution < 1.29 is 13.9 Å². The third-order valence-electron chi connectivity index (χ3n) is 3.11. The summed E-state index contributed by atoms with van der Waals surface area (Å²) in [6, 6.07) is 0. The zero-order chi connectivity index (χ0) is 13.7. The number of carbonyl (C=O) groups excluding carboxylic acids is 1. The van der Waals surface area contributed by atoms with Gasteiger partial charge in [0, 0.05) is 46.1 Å². The fourth-order valence-electron chi connectivity index (χ4n) is 2.06. The van der Waals surface area contributed by atoms with Gasteiger partial charge in [-0.15, -0.1) is 10.2 Å². The van der Waals surface area contributed by atoms with Crippen LogP contribution in [0.2, 0.25) is 0 Å². The SMILES string of the molecule is CCOC(=O)N1CCN(CCc2nnc(C)o2)CC1. The van der Waals surface area contributed by atoms with E-state index in [0.717, 1.165) is 26.1 Å². The summed E-state index contributed by atoms with van der Waals surface area (Å²) < 4.78 is 10.3. The normalized spacial score (nSPS) is 16.6. The molecule has 106 valence electrons. The van der Waals surface area contributed by atoms with Crippen molar-refractivity contribution in [1.29, 1.82) is 0 Å². The van der Waals surface area contributed by atoms with Crippen LogP contribution in [0.1, 0.15) is 18.7 Å². The molecule has 0 spiro atoms. The molecule has 1 aliphatic rings. The lowest BCUT2D eigenvalue weighted by molar-refractivity contribution is 0.0795. The number of carbonyl (C=O) groups is 1. The van der Waals surface area contributed by atoms with Crippen molar-refractivity contribution in [2.45, 2.75) is 20.3 Å². The highest BCUT2D eigenvalue weighted by atomic mass is 16.6. The van der Waals surface area contributed by atoms with E-state index in [9.17, 15) is 4.79 Å². The van der Waals surface area contributed by atoms with E-state index in [1.807, 2.05) is 6.92 Å². The number of amides is 1. The Morgan fingerprint density at radius 2 is 2.05 bits per heavy atom. The van der Waals surface area contributed by atoms with Crippen molar-refractivity contribution in [2.24, 2.45) is 0 Å². The molecule has 1 saturated heterocycles. The van der Waals surface area contributed by atoms with Gasteiger partial charge in [-0.3, -0.25) is 4.90 Å². The van der Waals surface area contributed by atoms with Crippen molar-refractivity contribution in [1.82, 2.24) is 20.0 Å². The molecule has 0 N–H and O–H groups in total. The number of hydrogen-bond donors (Lipinski definition) is 0. The molecule has 0 unspecified atom stereocenters. The highest BCUT2D eigenvalue weighted by Gasteiger charge is 2.21. The minimum absolute atomic E-state index is 0.213. The van der Waals surface area contributed by atoms with Gasteiger partial charge in [0.2, 0.25) is 11.8 Å². The molecule has 0 aliphatic carbocycles. The third kappa shape index (κ3) is 3.92. The molecule has 0 bridgehead atoms. The first-order valence-corrected chi connectivity index (χ1v) is 6.62. The van der Waals surface area contributed by atoms with E-state index in [0.29, 0.717) is 31.5 Å². The van der Waals surface area contributed by atoms with Crippen LogP contribution in [0.5, 0.6) is 0 Å². The molecule has 19 heavy (non-hydrogen) atoms. The van der Waals surface area contributed by atoms with Crippen molar-refractivity contribution in [3.05, 3.63) is 11.8 Å². The molecule has 1 aromatic rings. The Morgan fingerprint density at radius 1 is 1.32 bits per heavy atom. The summed E-state index contributed by atoms with van der Waals surface area (Å²) in [5.41, 5.74) is 0. The average Bonchev–Trinajstić information content (AvgIpc) is 2.83. The Hall–Kier alpha value is -1.63. The number of nitrogens with zero attached hydrogens (tertiary/aromatic N) is 4. The molecule has 0 saturated carbocycles. The molecule has 1 fully saturated rings. The highest BCUT2D eigenvalue weighted by Crippen LogP contribution is 2.06. The Bertz CT molecular complexity index is 413. The highest BCUT2D eigenvalue weighted by molar-refractivity contribution is 5.67. The van der Waals surface area contributed by atoms with Crippen molar-refractivity contribution in [3.63, 3.8) is 0 Å². The number of rotatable bonds is 4. The standard InChI is InChI=1S/C12H20N4O3/c1-3-18-12(17)16-8-6-15(7-9-16)5-4-11-14-13-10(2)19-11/h3-9H2,1-2H3. The maximum Gasteiger partial charge on any atom is 0.409 e. The van der Waals surface area contributed by atoms with E-state index in [2.05, 4.69) is 15.1 Å². The van der Waals surface area contributed by atoms with Gasteiger partial charge in [0.05, 0.1) is 6.61 Å². The van der Waals surface area contributed by atoms with Crippen LogP contribution in [0.15, 0.2) is 4.42 Å². The third-order valence-corrected chi connectivity index (χ3v) is 3.11. The quantitative estimate of drug-likeness (QED) is 0.800. The van der Waals surface area contributed by atoms with Gasteiger partial charge in [-0.05, 0) is 6.92 Å². The van der Waals surface area contributed by atoms with Crippen molar-refractivity contribution >= 4 is 6.09 Å². The van der Waals surface area contributed by atoms with Gasteiger partial charge >= 0.3 is 6.09 Å². The van der Waals surface area contributed by atoms with E-state index >= 15 is 0 Å². The van der Waals surface area contributed by atoms with Crippen LogP contribution in [-0.4, -0.2) is 65.4 Å². The molecule has 1 amide bonds. The lowest BCUT2D eigenvalue weighted by Crippen LogP contribution is -2.49. The predicted octanol–water partition coefficient (Wildman–Crippen LogP) is 0.695. The van der Waals surface area contributed by atoms with Crippen LogP contribution in [0.4, 0.5) is 4.79 Å². The van der Waals surface area contributed by atoms with E-state index < -0.39 is 0 Å². The zero-order valence-corrected chi connectivity index (χ0v) is 11.5. The topological polar surface area (TPSA) is 71.7 Å². The number of aromatic nitrogens is 2. The van der Waals surface area contributed by atoms with Crippen LogP contribution in [-0.2, 0) is 11.2 Å².